The van der Waals surface area contributed by atoms with Crippen LogP contribution in [0.4, 0.5) is 0 Å². The van der Waals surface area contributed by atoms with Crippen LogP contribution in [0.3, 0.4) is 0 Å². The summed E-state index contributed by atoms with van der Waals surface area (Å²) in [5.41, 5.74) is 0.317. The van der Waals surface area contributed by atoms with Crippen molar-refractivity contribution in [2.24, 2.45) is 0 Å². The minimum Gasteiger partial charge on any atom is -0.744 e. The van der Waals surface area contributed by atoms with Gasteiger partial charge in [0.25, 0.3) is 0 Å². The number of aromatic nitrogens is 2. The van der Waals surface area contributed by atoms with E-state index in [4.69, 9.17) is 23.2 Å². The molecule has 150 valence electrons. The zero-order valence-electron chi connectivity index (χ0n) is 15.7. The molecule has 0 bridgehead atoms. The molecule has 2 N–H and O–H groups in total. The number of hydrogen-bond acceptors (Lipinski definition) is 5. The van der Waals surface area contributed by atoms with E-state index in [0.29, 0.717) is 32.3 Å². The summed E-state index contributed by atoms with van der Waals surface area (Å²) in [5, 5.41) is 0.993. The van der Waals surface area contributed by atoms with E-state index in [2.05, 4.69) is 9.97 Å². The van der Waals surface area contributed by atoms with E-state index in [1.807, 2.05) is 0 Å². The molecular formula is C20H9Cl2N2NaO5S. The normalized spacial score (nSPS) is 12.0. The summed E-state index contributed by atoms with van der Waals surface area (Å²) in [7, 11) is -4.95. The molecule has 2 aromatic heterocycles. The molecule has 2 heterocycles. The first-order chi connectivity index (χ1) is 14.1. The molecule has 0 unspecified atom stereocenters. The topological polar surface area (TPSA) is 123 Å². The second kappa shape index (κ2) is 7.60. The number of pyridine rings is 2. The van der Waals surface area contributed by atoms with Crippen LogP contribution in [0.25, 0.3) is 43.6 Å². The van der Waals surface area contributed by atoms with E-state index in [1.54, 1.807) is 18.2 Å². The molecular weight excluding hydrogens is 474 g/mol. The maximum absolute atomic E-state index is 13.1. The van der Waals surface area contributed by atoms with Gasteiger partial charge in [0.15, 0.2) is 10.9 Å². The number of hydrogen-bond donors (Lipinski definition) is 2. The largest absolute Gasteiger partial charge is 1.00 e. The zero-order valence-corrected chi connectivity index (χ0v) is 20.1. The first-order valence-electron chi connectivity index (χ1n) is 8.54. The molecule has 5 rings (SSSR count). The summed E-state index contributed by atoms with van der Waals surface area (Å²) < 4.78 is 35.1. The third-order valence-electron chi connectivity index (χ3n) is 4.98. The van der Waals surface area contributed by atoms with E-state index in [9.17, 15) is 22.6 Å². The predicted octanol–water partition coefficient (Wildman–Crippen LogP) is 0.891. The van der Waals surface area contributed by atoms with Crippen LogP contribution in [0.15, 0.2) is 56.9 Å². The van der Waals surface area contributed by atoms with Gasteiger partial charge in [0.05, 0.1) is 32.3 Å². The van der Waals surface area contributed by atoms with Gasteiger partial charge in [0, 0.05) is 26.2 Å². The van der Waals surface area contributed by atoms with Crippen LogP contribution in [0.1, 0.15) is 0 Å². The molecule has 3 aromatic carbocycles. The smallest absolute Gasteiger partial charge is 0.744 e. The Kier molecular flexibility index (Phi) is 5.46. The van der Waals surface area contributed by atoms with Gasteiger partial charge in [-0.1, -0.05) is 23.2 Å². The summed E-state index contributed by atoms with van der Waals surface area (Å²) in [6, 6.07) is 10.1. The summed E-state index contributed by atoms with van der Waals surface area (Å²) in [4.78, 5) is 31.4. The molecule has 7 nitrogen and oxygen atoms in total. The Labute approximate surface area is 206 Å². The average molecular weight is 483 g/mol. The number of rotatable bonds is 1. The SMILES string of the molecule is O=c1c2ccc(Cl)cc2[nH]c2cc3c(=O)c4c(S(=O)(=O)[O-])cc(Cl)cc4[nH]c3cc12.[Na+]. The van der Waals surface area contributed by atoms with Crippen molar-refractivity contribution in [3.8, 4) is 0 Å². The molecule has 0 saturated heterocycles. The van der Waals surface area contributed by atoms with E-state index >= 15 is 0 Å². The molecule has 0 aliphatic carbocycles. The van der Waals surface area contributed by atoms with Gasteiger partial charge in [0.1, 0.15) is 10.1 Å². The molecule has 0 radical (unpaired) electrons. The molecule has 5 aromatic rings. The van der Waals surface area contributed by atoms with Gasteiger partial charge in [-0.15, -0.1) is 0 Å². The van der Waals surface area contributed by atoms with Crippen LogP contribution in [-0.2, 0) is 10.1 Å². The number of aromatic amines is 2. The number of H-pyrrole nitrogens is 2. The van der Waals surface area contributed by atoms with Crippen molar-refractivity contribution >= 4 is 76.9 Å². The molecule has 0 fully saturated rings. The van der Waals surface area contributed by atoms with Gasteiger partial charge < -0.3 is 14.5 Å². The van der Waals surface area contributed by atoms with Crippen molar-refractivity contribution in [3.05, 3.63) is 73.0 Å². The maximum Gasteiger partial charge on any atom is 1.00 e. The van der Waals surface area contributed by atoms with Crippen molar-refractivity contribution < 1.29 is 42.5 Å². The number of halogens is 2. The Hall–Kier alpha value is -1.91. The Morgan fingerprint density at radius 3 is 1.90 bits per heavy atom. The molecule has 0 saturated carbocycles. The van der Waals surface area contributed by atoms with Crippen LogP contribution in [0.5, 0.6) is 0 Å². The molecule has 31 heavy (non-hydrogen) atoms. The van der Waals surface area contributed by atoms with Crippen molar-refractivity contribution in [2.45, 2.75) is 4.90 Å². The minimum absolute atomic E-state index is 0. The molecule has 0 aliphatic heterocycles. The first-order valence-corrected chi connectivity index (χ1v) is 10.7. The summed E-state index contributed by atoms with van der Waals surface area (Å²) in [6.07, 6.45) is 0. The predicted molar refractivity (Wildman–Crippen MR) is 116 cm³/mol. The zero-order chi connectivity index (χ0) is 21.4. The summed E-state index contributed by atoms with van der Waals surface area (Å²) in [6.45, 7) is 0. The van der Waals surface area contributed by atoms with Crippen LogP contribution in [0, 0.1) is 0 Å². The van der Waals surface area contributed by atoms with E-state index in [0.717, 1.165) is 6.07 Å². The number of nitrogens with one attached hydrogen (secondary N) is 2. The molecule has 0 aliphatic rings. The third kappa shape index (κ3) is 3.58. The van der Waals surface area contributed by atoms with Crippen molar-refractivity contribution in [3.63, 3.8) is 0 Å². The van der Waals surface area contributed by atoms with Crippen LogP contribution < -0.4 is 40.4 Å². The fourth-order valence-corrected chi connectivity index (χ4v) is 4.86. The minimum atomic E-state index is -4.95. The maximum atomic E-state index is 13.1. The fraction of sp³-hybridized carbons (Fsp3) is 0. The van der Waals surface area contributed by atoms with E-state index in [1.165, 1.54) is 18.2 Å². The van der Waals surface area contributed by atoms with Crippen molar-refractivity contribution in [1.29, 1.82) is 0 Å². The first kappa shape index (κ1) is 22.3. The van der Waals surface area contributed by atoms with Crippen molar-refractivity contribution in [1.82, 2.24) is 9.97 Å². The second-order valence-electron chi connectivity index (χ2n) is 6.82. The van der Waals surface area contributed by atoms with Crippen LogP contribution >= 0.6 is 23.2 Å². The monoisotopic (exact) mass is 482 g/mol. The van der Waals surface area contributed by atoms with Gasteiger partial charge in [-0.2, -0.15) is 0 Å². The van der Waals surface area contributed by atoms with Gasteiger partial charge in [-0.25, -0.2) is 8.42 Å². The van der Waals surface area contributed by atoms with Crippen LogP contribution in [-0.4, -0.2) is 22.9 Å². The standard InChI is InChI=1S/C20H10Cl2N2O5S.Na/c21-8-1-2-10-13(3-8)23-14-7-12-15(6-11(14)19(10)25)24-16-4-9(22)5-17(30(27,28)29)18(16)20(12)26;/h1-7H,(H,23,25)(H,24,26)(H,27,28,29);/q;+1/p-1. The van der Waals surface area contributed by atoms with E-state index < -0.39 is 20.4 Å². The Morgan fingerprint density at radius 1 is 0.710 bits per heavy atom. The second-order valence-corrected chi connectivity index (χ2v) is 9.04. The summed E-state index contributed by atoms with van der Waals surface area (Å²) in [5.74, 6) is 0. The van der Waals surface area contributed by atoms with Gasteiger partial charge >= 0.3 is 29.6 Å². The Balaban J connectivity index is 0.00000231. The summed E-state index contributed by atoms with van der Waals surface area (Å²) >= 11 is 11.9. The third-order valence-corrected chi connectivity index (χ3v) is 6.29. The molecule has 0 atom stereocenters. The average Bonchev–Trinajstić information content (AvgIpc) is 2.66. The molecule has 0 spiro atoms. The quantitative estimate of drug-likeness (QED) is 0.208. The van der Waals surface area contributed by atoms with Crippen LogP contribution in [0.2, 0.25) is 10.0 Å². The van der Waals surface area contributed by atoms with Gasteiger partial charge in [-0.05, 0) is 42.5 Å². The van der Waals surface area contributed by atoms with Gasteiger partial charge in [0.2, 0.25) is 0 Å². The Morgan fingerprint density at radius 2 is 1.26 bits per heavy atom. The van der Waals surface area contributed by atoms with E-state index in [-0.39, 0.29) is 56.3 Å². The van der Waals surface area contributed by atoms with Gasteiger partial charge in [-0.3, -0.25) is 9.59 Å². The number of fused-ring (bicyclic) bond motifs is 4. The molecule has 0 amide bonds. The fourth-order valence-electron chi connectivity index (χ4n) is 3.68. The Bertz CT molecular complexity index is 1800. The molecule has 11 heteroatoms. The number of benzene rings is 3. The van der Waals surface area contributed by atoms with Crippen molar-refractivity contribution in [2.75, 3.05) is 0 Å².